The molecule has 2 rings (SSSR count). The van der Waals surface area contributed by atoms with Crippen LogP contribution in [0.15, 0.2) is 30.3 Å². The number of carbonyl (C=O) groups excluding carboxylic acids is 3. The third kappa shape index (κ3) is 10.3. The second-order valence-corrected chi connectivity index (χ2v) is 14.9. The summed E-state index contributed by atoms with van der Waals surface area (Å²) >= 11 is 0. The van der Waals surface area contributed by atoms with Crippen LogP contribution in [0.25, 0.3) is 0 Å². The Labute approximate surface area is 274 Å². The summed E-state index contributed by atoms with van der Waals surface area (Å²) in [6.07, 6.45) is 3.83. The molecule has 1 heterocycles. The van der Waals surface area contributed by atoms with Crippen molar-refractivity contribution < 1.29 is 23.9 Å². The minimum atomic E-state index is -0.772. The SMILES string of the molecule is CCCCOC(=O)C(CC(CN1C(C)(C)CN(C(C)(C)C)C(=O)C1(CC)CC)C(=O)OCCN(C)C)CC(C)c1ccccc1. The summed E-state index contributed by atoms with van der Waals surface area (Å²) in [7, 11) is 3.89. The van der Waals surface area contributed by atoms with Crippen LogP contribution in [0.5, 0.6) is 0 Å². The van der Waals surface area contributed by atoms with Gasteiger partial charge in [-0.3, -0.25) is 19.3 Å². The van der Waals surface area contributed by atoms with Crippen molar-refractivity contribution in [3.63, 3.8) is 0 Å². The van der Waals surface area contributed by atoms with E-state index in [1.807, 2.05) is 42.1 Å². The van der Waals surface area contributed by atoms with Gasteiger partial charge in [0, 0.05) is 30.7 Å². The van der Waals surface area contributed by atoms with Crippen LogP contribution in [0, 0.1) is 11.8 Å². The molecule has 0 aromatic heterocycles. The van der Waals surface area contributed by atoms with E-state index in [2.05, 4.69) is 79.3 Å². The fourth-order valence-corrected chi connectivity index (χ4v) is 6.71. The lowest BCUT2D eigenvalue weighted by Crippen LogP contribution is -2.75. The first-order valence-corrected chi connectivity index (χ1v) is 17.2. The number of carbonyl (C=O) groups is 3. The number of nitrogens with zero attached hydrogens (tertiary/aromatic N) is 3. The Morgan fingerprint density at radius 2 is 1.51 bits per heavy atom. The number of hydrogen-bond acceptors (Lipinski definition) is 7. The molecule has 256 valence electrons. The molecular formula is C37H63N3O5. The van der Waals surface area contributed by atoms with Crippen LogP contribution in [0.1, 0.15) is 112 Å². The molecule has 1 aliphatic rings. The number of ether oxygens (including phenoxy) is 2. The standard InChI is InChI=1S/C37H63N3O5/c1-12-15-22-44-32(41)30(24-28(4)29-19-17-16-18-20-29)25-31(33(42)45-23-21-38(10)11)26-40-36(8,9)27-39(35(5,6)7)34(43)37(40,13-2)14-3/h16-20,28,30-31H,12-15,21-27H2,1-11H3. The Bertz CT molecular complexity index is 1080. The van der Waals surface area contributed by atoms with E-state index < -0.39 is 22.9 Å². The van der Waals surface area contributed by atoms with Gasteiger partial charge in [-0.1, -0.05) is 64.4 Å². The Balaban J connectivity index is 2.53. The molecule has 1 saturated heterocycles. The second-order valence-electron chi connectivity index (χ2n) is 14.9. The van der Waals surface area contributed by atoms with E-state index in [-0.39, 0.29) is 35.9 Å². The second kappa shape index (κ2) is 16.9. The van der Waals surface area contributed by atoms with Crippen LogP contribution in [-0.2, 0) is 23.9 Å². The normalized spacial score (nSPS) is 18.8. The molecule has 8 heteroatoms. The maximum atomic E-state index is 14.3. The van der Waals surface area contributed by atoms with E-state index in [0.29, 0.717) is 51.9 Å². The summed E-state index contributed by atoms with van der Waals surface area (Å²) in [6.45, 7) is 21.0. The highest BCUT2D eigenvalue weighted by Crippen LogP contribution is 2.42. The lowest BCUT2D eigenvalue weighted by molar-refractivity contribution is -0.178. The molecule has 0 radical (unpaired) electrons. The van der Waals surface area contributed by atoms with Crippen molar-refractivity contribution in [2.24, 2.45) is 11.8 Å². The smallest absolute Gasteiger partial charge is 0.310 e. The molecule has 0 bridgehead atoms. The maximum Gasteiger partial charge on any atom is 0.310 e. The lowest BCUT2D eigenvalue weighted by atomic mass is 9.77. The molecule has 0 spiro atoms. The molecule has 1 aliphatic heterocycles. The van der Waals surface area contributed by atoms with Gasteiger partial charge in [0.1, 0.15) is 12.1 Å². The van der Waals surface area contributed by atoms with Crippen LogP contribution in [-0.4, -0.2) is 96.1 Å². The molecule has 0 saturated carbocycles. The number of likely N-dealkylation sites (N-methyl/N-ethyl adjacent to an activating group) is 1. The van der Waals surface area contributed by atoms with Crippen molar-refractivity contribution in [2.45, 2.75) is 123 Å². The van der Waals surface area contributed by atoms with Gasteiger partial charge >= 0.3 is 11.9 Å². The summed E-state index contributed by atoms with van der Waals surface area (Å²) in [4.78, 5) is 48.2. The van der Waals surface area contributed by atoms with Gasteiger partial charge in [0.2, 0.25) is 5.91 Å². The minimum absolute atomic E-state index is 0.0964. The Kier molecular flexibility index (Phi) is 14.6. The van der Waals surface area contributed by atoms with Gasteiger partial charge in [-0.2, -0.15) is 0 Å². The Hall–Kier alpha value is -2.45. The molecule has 1 aromatic rings. The van der Waals surface area contributed by atoms with Crippen LogP contribution < -0.4 is 0 Å². The summed E-state index contributed by atoms with van der Waals surface area (Å²) in [6, 6.07) is 10.2. The maximum absolute atomic E-state index is 14.3. The summed E-state index contributed by atoms with van der Waals surface area (Å²) in [5.41, 5.74) is -0.369. The van der Waals surface area contributed by atoms with Crippen LogP contribution >= 0.6 is 0 Å². The number of amides is 1. The molecule has 3 atom stereocenters. The molecule has 8 nitrogen and oxygen atoms in total. The largest absolute Gasteiger partial charge is 0.465 e. The van der Waals surface area contributed by atoms with E-state index in [1.54, 1.807) is 0 Å². The predicted molar refractivity (Wildman–Crippen MR) is 182 cm³/mol. The zero-order valence-corrected chi connectivity index (χ0v) is 30.3. The first-order chi connectivity index (χ1) is 21.0. The first kappa shape index (κ1) is 38.7. The monoisotopic (exact) mass is 629 g/mol. The predicted octanol–water partition coefficient (Wildman–Crippen LogP) is 6.53. The van der Waals surface area contributed by atoms with Gasteiger partial charge in [-0.25, -0.2) is 0 Å². The van der Waals surface area contributed by atoms with Gasteiger partial charge in [0.05, 0.1) is 18.4 Å². The van der Waals surface area contributed by atoms with Gasteiger partial charge in [-0.15, -0.1) is 0 Å². The first-order valence-electron chi connectivity index (χ1n) is 17.2. The third-order valence-corrected chi connectivity index (χ3v) is 9.59. The van der Waals surface area contributed by atoms with Crippen molar-refractivity contribution in [3.8, 4) is 0 Å². The van der Waals surface area contributed by atoms with E-state index in [4.69, 9.17) is 9.47 Å². The van der Waals surface area contributed by atoms with E-state index >= 15 is 0 Å². The Morgan fingerprint density at radius 1 is 0.933 bits per heavy atom. The van der Waals surface area contributed by atoms with E-state index in [0.717, 1.165) is 18.4 Å². The summed E-state index contributed by atoms with van der Waals surface area (Å²) in [5.74, 6) is -1.48. The Morgan fingerprint density at radius 3 is 2.04 bits per heavy atom. The third-order valence-electron chi connectivity index (χ3n) is 9.59. The molecule has 1 aromatic carbocycles. The van der Waals surface area contributed by atoms with Crippen LogP contribution in [0.3, 0.4) is 0 Å². The number of unbranched alkanes of at least 4 members (excludes halogenated alkanes) is 1. The van der Waals surface area contributed by atoms with Gasteiger partial charge < -0.3 is 19.3 Å². The highest BCUT2D eigenvalue weighted by molar-refractivity contribution is 5.88. The fourth-order valence-electron chi connectivity index (χ4n) is 6.71. The minimum Gasteiger partial charge on any atom is -0.465 e. The molecule has 3 unspecified atom stereocenters. The zero-order chi connectivity index (χ0) is 34.0. The highest BCUT2D eigenvalue weighted by atomic mass is 16.5. The van der Waals surface area contributed by atoms with Crippen molar-refractivity contribution >= 4 is 17.8 Å². The van der Waals surface area contributed by atoms with Crippen molar-refractivity contribution in [3.05, 3.63) is 35.9 Å². The molecule has 0 N–H and O–H groups in total. The molecule has 45 heavy (non-hydrogen) atoms. The van der Waals surface area contributed by atoms with Crippen molar-refractivity contribution in [1.29, 1.82) is 0 Å². The molecular weight excluding hydrogens is 566 g/mol. The van der Waals surface area contributed by atoms with Crippen LogP contribution in [0.2, 0.25) is 0 Å². The van der Waals surface area contributed by atoms with Gasteiger partial charge in [0.15, 0.2) is 0 Å². The number of piperazine rings is 1. The fraction of sp³-hybridized carbons (Fsp3) is 0.757. The van der Waals surface area contributed by atoms with E-state index in [9.17, 15) is 14.4 Å². The van der Waals surface area contributed by atoms with Crippen LogP contribution in [0.4, 0.5) is 0 Å². The quantitative estimate of drug-likeness (QED) is 0.143. The topological polar surface area (TPSA) is 79.4 Å². The number of rotatable bonds is 17. The average Bonchev–Trinajstić information content (AvgIpc) is 2.98. The number of esters is 2. The average molecular weight is 630 g/mol. The van der Waals surface area contributed by atoms with Crippen molar-refractivity contribution in [2.75, 3.05) is 46.9 Å². The zero-order valence-electron chi connectivity index (χ0n) is 30.3. The van der Waals surface area contributed by atoms with E-state index in [1.165, 1.54) is 0 Å². The molecule has 1 amide bonds. The molecule has 0 aliphatic carbocycles. The van der Waals surface area contributed by atoms with Gasteiger partial charge in [0.25, 0.3) is 0 Å². The van der Waals surface area contributed by atoms with Gasteiger partial charge in [-0.05, 0) is 92.3 Å². The number of hydrogen-bond donors (Lipinski definition) is 0. The molecule has 1 fully saturated rings. The van der Waals surface area contributed by atoms with Crippen molar-refractivity contribution in [1.82, 2.24) is 14.7 Å². The highest BCUT2D eigenvalue weighted by Gasteiger charge is 2.56. The lowest BCUT2D eigenvalue weighted by Gasteiger charge is -2.60. The summed E-state index contributed by atoms with van der Waals surface area (Å²) < 4.78 is 11.7. The number of benzene rings is 1. The summed E-state index contributed by atoms with van der Waals surface area (Å²) in [5, 5.41) is 0.